The summed E-state index contributed by atoms with van der Waals surface area (Å²) >= 11 is 0. The molecule has 0 aliphatic heterocycles. The van der Waals surface area contributed by atoms with Crippen LogP contribution in [0.1, 0.15) is 45.1 Å². The minimum atomic E-state index is 0.552. The van der Waals surface area contributed by atoms with Crippen LogP contribution in [0.25, 0.3) is 0 Å². The van der Waals surface area contributed by atoms with Crippen LogP contribution in [0.5, 0.6) is 5.75 Å². The van der Waals surface area contributed by atoms with Gasteiger partial charge in [-0.05, 0) is 36.6 Å². The number of hydrogen-bond donors (Lipinski definition) is 0. The Labute approximate surface area is 122 Å². The van der Waals surface area contributed by atoms with Crippen molar-refractivity contribution >= 4 is 0 Å². The van der Waals surface area contributed by atoms with Gasteiger partial charge in [0.05, 0.1) is 18.2 Å². The van der Waals surface area contributed by atoms with E-state index < -0.39 is 0 Å². The average molecular weight is 275 g/mol. The fourth-order valence-electron chi connectivity index (χ4n) is 1.99. The molecule has 0 saturated carbocycles. The SMILES string of the molecule is CCCCC(CC)COCCOc1ccc(C#N)cc1. The lowest BCUT2D eigenvalue weighted by Gasteiger charge is -2.14. The summed E-state index contributed by atoms with van der Waals surface area (Å²) in [5, 5.41) is 8.70. The van der Waals surface area contributed by atoms with Crippen LogP contribution in [0.15, 0.2) is 24.3 Å². The van der Waals surface area contributed by atoms with Gasteiger partial charge in [0, 0.05) is 6.61 Å². The van der Waals surface area contributed by atoms with E-state index in [0.29, 0.717) is 24.7 Å². The zero-order valence-corrected chi connectivity index (χ0v) is 12.6. The highest BCUT2D eigenvalue weighted by molar-refractivity contribution is 5.34. The molecule has 0 aliphatic rings. The lowest BCUT2D eigenvalue weighted by molar-refractivity contribution is 0.0699. The maximum Gasteiger partial charge on any atom is 0.119 e. The van der Waals surface area contributed by atoms with Crippen LogP contribution in [0.4, 0.5) is 0 Å². The van der Waals surface area contributed by atoms with E-state index in [-0.39, 0.29) is 0 Å². The summed E-state index contributed by atoms with van der Waals surface area (Å²) in [7, 11) is 0. The summed E-state index contributed by atoms with van der Waals surface area (Å²) in [5.74, 6) is 1.45. The molecule has 0 N–H and O–H groups in total. The first kappa shape index (κ1) is 16.5. The van der Waals surface area contributed by atoms with Crippen molar-refractivity contribution in [2.45, 2.75) is 39.5 Å². The number of benzene rings is 1. The van der Waals surface area contributed by atoms with Crippen molar-refractivity contribution in [3.63, 3.8) is 0 Å². The zero-order valence-electron chi connectivity index (χ0n) is 12.6. The first-order chi connectivity index (χ1) is 9.80. The number of nitriles is 1. The standard InChI is InChI=1S/C17H25NO2/c1-3-5-6-15(4-2)14-19-11-12-20-17-9-7-16(13-18)8-10-17/h7-10,15H,3-6,11-12,14H2,1-2H3. The van der Waals surface area contributed by atoms with Crippen LogP contribution in [-0.2, 0) is 4.74 Å². The van der Waals surface area contributed by atoms with Crippen LogP contribution < -0.4 is 4.74 Å². The predicted molar refractivity (Wildman–Crippen MR) is 80.8 cm³/mol. The molecule has 1 aromatic carbocycles. The van der Waals surface area contributed by atoms with Crippen LogP contribution in [0.3, 0.4) is 0 Å². The van der Waals surface area contributed by atoms with Crippen LogP contribution in [0, 0.1) is 17.2 Å². The number of nitrogens with zero attached hydrogens (tertiary/aromatic N) is 1. The Hall–Kier alpha value is -1.53. The molecule has 1 unspecified atom stereocenters. The Balaban J connectivity index is 2.13. The van der Waals surface area contributed by atoms with Crippen LogP contribution in [-0.4, -0.2) is 19.8 Å². The fraction of sp³-hybridized carbons (Fsp3) is 0.588. The second-order valence-electron chi connectivity index (χ2n) is 4.98. The van der Waals surface area contributed by atoms with E-state index in [0.717, 1.165) is 12.4 Å². The van der Waals surface area contributed by atoms with E-state index in [1.54, 1.807) is 12.1 Å². The molecule has 0 aliphatic carbocycles. The fourth-order valence-corrected chi connectivity index (χ4v) is 1.99. The van der Waals surface area contributed by atoms with Crippen LogP contribution >= 0.6 is 0 Å². The largest absolute Gasteiger partial charge is 0.491 e. The van der Waals surface area contributed by atoms with E-state index >= 15 is 0 Å². The molecule has 3 heteroatoms. The zero-order chi connectivity index (χ0) is 14.6. The molecule has 0 bridgehead atoms. The molecule has 20 heavy (non-hydrogen) atoms. The lowest BCUT2D eigenvalue weighted by atomic mass is 10.0. The second-order valence-corrected chi connectivity index (χ2v) is 4.98. The molecule has 0 saturated heterocycles. The van der Waals surface area contributed by atoms with E-state index in [2.05, 4.69) is 19.9 Å². The van der Waals surface area contributed by atoms with Crippen molar-refractivity contribution in [3.8, 4) is 11.8 Å². The Morgan fingerprint density at radius 2 is 1.90 bits per heavy atom. The normalized spacial score (nSPS) is 11.8. The summed E-state index contributed by atoms with van der Waals surface area (Å²) in [6, 6.07) is 9.23. The van der Waals surface area contributed by atoms with Crippen molar-refractivity contribution in [1.82, 2.24) is 0 Å². The summed E-state index contributed by atoms with van der Waals surface area (Å²) in [6.07, 6.45) is 4.96. The Bertz CT molecular complexity index is 394. The highest BCUT2D eigenvalue weighted by atomic mass is 16.5. The van der Waals surface area contributed by atoms with Gasteiger partial charge in [-0.1, -0.05) is 33.1 Å². The number of rotatable bonds is 10. The molecule has 0 amide bonds. The van der Waals surface area contributed by atoms with Crippen molar-refractivity contribution in [2.75, 3.05) is 19.8 Å². The Kier molecular flexibility index (Phi) is 8.49. The first-order valence-electron chi connectivity index (χ1n) is 7.50. The molecule has 0 heterocycles. The van der Waals surface area contributed by atoms with E-state index in [9.17, 15) is 0 Å². The van der Waals surface area contributed by atoms with Gasteiger partial charge in [-0.2, -0.15) is 5.26 Å². The summed E-state index contributed by atoms with van der Waals surface area (Å²) < 4.78 is 11.2. The van der Waals surface area contributed by atoms with Gasteiger partial charge in [0.1, 0.15) is 12.4 Å². The van der Waals surface area contributed by atoms with Crippen molar-refractivity contribution in [3.05, 3.63) is 29.8 Å². The van der Waals surface area contributed by atoms with Gasteiger partial charge < -0.3 is 9.47 Å². The Morgan fingerprint density at radius 1 is 1.15 bits per heavy atom. The van der Waals surface area contributed by atoms with E-state index in [1.165, 1.54) is 25.7 Å². The topological polar surface area (TPSA) is 42.2 Å². The summed E-state index contributed by atoms with van der Waals surface area (Å²) in [6.45, 7) is 6.43. The van der Waals surface area contributed by atoms with Gasteiger partial charge in [-0.3, -0.25) is 0 Å². The minimum Gasteiger partial charge on any atom is -0.491 e. The number of unbranched alkanes of at least 4 members (excludes halogenated alkanes) is 1. The quantitative estimate of drug-likeness (QED) is 0.602. The van der Waals surface area contributed by atoms with Gasteiger partial charge in [0.25, 0.3) is 0 Å². The molecule has 0 spiro atoms. The Morgan fingerprint density at radius 3 is 2.50 bits per heavy atom. The van der Waals surface area contributed by atoms with Crippen molar-refractivity contribution < 1.29 is 9.47 Å². The molecular weight excluding hydrogens is 250 g/mol. The third kappa shape index (κ3) is 6.58. The molecule has 1 atom stereocenters. The van der Waals surface area contributed by atoms with Crippen LogP contribution in [0.2, 0.25) is 0 Å². The van der Waals surface area contributed by atoms with Crippen molar-refractivity contribution in [2.24, 2.45) is 5.92 Å². The molecule has 1 aromatic rings. The summed E-state index contributed by atoms with van der Waals surface area (Å²) in [4.78, 5) is 0. The molecule has 0 fully saturated rings. The number of ether oxygens (including phenoxy) is 2. The highest BCUT2D eigenvalue weighted by Crippen LogP contribution is 2.13. The minimum absolute atomic E-state index is 0.552. The molecular formula is C17H25NO2. The highest BCUT2D eigenvalue weighted by Gasteiger charge is 2.05. The second kappa shape index (κ2) is 10.3. The van der Waals surface area contributed by atoms with E-state index in [1.807, 2.05) is 12.1 Å². The van der Waals surface area contributed by atoms with Crippen molar-refractivity contribution in [1.29, 1.82) is 5.26 Å². The summed E-state index contributed by atoms with van der Waals surface area (Å²) in [5.41, 5.74) is 0.648. The molecule has 0 aromatic heterocycles. The smallest absolute Gasteiger partial charge is 0.119 e. The molecule has 3 nitrogen and oxygen atoms in total. The molecule has 110 valence electrons. The maximum atomic E-state index is 8.70. The first-order valence-corrected chi connectivity index (χ1v) is 7.50. The lowest BCUT2D eigenvalue weighted by Crippen LogP contribution is -2.13. The third-order valence-corrected chi connectivity index (χ3v) is 3.38. The van der Waals surface area contributed by atoms with Gasteiger partial charge in [0.2, 0.25) is 0 Å². The number of hydrogen-bond acceptors (Lipinski definition) is 3. The van der Waals surface area contributed by atoms with Gasteiger partial charge >= 0.3 is 0 Å². The van der Waals surface area contributed by atoms with Gasteiger partial charge in [-0.15, -0.1) is 0 Å². The predicted octanol–water partition coefficient (Wildman–Crippen LogP) is 4.17. The molecule has 1 rings (SSSR count). The molecule has 0 radical (unpaired) electrons. The van der Waals surface area contributed by atoms with Gasteiger partial charge in [-0.25, -0.2) is 0 Å². The average Bonchev–Trinajstić information content (AvgIpc) is 2.50. The van der Waals surface area contributed by atoms with E-state index in [4.69, 9.17) is 14.7 Å². The maximum absolute atomic E-state index is 8.70. The van der Waals surface area contributed by atoms with Gasteiger partial charge in [0.15, 0.2) is 0 Å². The monoisotopic (exact) mass is 275 g/mol. The third-order valence-electron chi connectivity index (χ3n) is 3.38.